The Kier molecular flexibility index (Phi) is 7.49. The van der Waals surface area contributed by atoms with E-state index < -0.39 is 16.1 Å². The van der Waals surface area contributed by atoms with E-state index in [-0.39, 0.29) is 28.8 Å². The average molecular weight is 537 g/mol. The van der Waals surface area contributed by atoms with E-state index in [2.05, 4.69) is 15.4 Å². The molecule has 0 aromatic heterocycles. The second-order valence-electron chi connectivity index (χ2n) is 10.00. The molecule has 38 heavy (non-hydrogen) atoms. The molecule has 0 spiro atoms. The van der Waals surface area contributed by atoms with Gasteiger partial charge in [-0.2, -0.15) is 0 Å². The number of fused-ring (bicyclic) bond motifs is 1. The quantitative estimate of drug-likeness (QED) is 0.383. The Labute approximate surface area is 222 Å². The number of rotatable bonds is 6. The molecule has 2 amide bonds. The minimum absolute atomic E-state index is 0.0443. The van der Waals surface area contributed by atoms with Crippen molar-refractivity contribution in [3.05, 3.63) is 71.8 Å². The predicted molar refractivity (Wildman–Crippen MR) is 145 cm³/mol. The molecule has 2 saturated heterocycles. The summed E-state index contributed by atoms with van der Waals surface area (Å²) in [5.74, 6) is -0.303. The molecule has 0 radical (unpaired) electrons. The van der Waals surface area contributed by atoms with Gasteiger partial charge in [-0.05, 0) is 49.9 Å². The number of aryl methyl sites for hydroxylation is 1. The van der Waals surface area contributed by atoms with Crippen molar-refractivity contribution in [3.63, 3.8) is 0 Å². The monoisotopic (exact) mass is 536 g/mol. The van der Waals surface area contributed by atoms with E-state index in [0.29, 0.717) is 60.9 Å². The molecular weight excluding hydrogens is 504 g/mol. The summed E-state index contributed by atoms with van der Waals surface area (Å²) < 4.78 is 29.7. The van der Waals surface area contributed by atoms with Crippen LogP contribution in [0.5, 0.6) is 0 Å². The number of carbonyl (C=O) groups excluding carboxylic acids is 2. The summed E-state index contributed by atoms with van der Waals surface area (Å²) in [6.07, 6.45) is 0.899. The molecule has 2 aliphatic heterocycles. The molecule has 2 fully saturated rings. The van der Waals surface area contributed by atoms with Gasteiger partial charge in [-0.1, -0.05) is 42.5 Å². The first kappa shape index (κ1) is 26.3. The Balaban J connectivity index is 1.30. The number of benzene rings is 3. The van der Waals surface area contributed by atoms with E-state index in [0.717, 1.165) is 5.56 Å². The zero-order valence-corrected chi connectivity index (χ0v) is 22.0. The van der Waals surface area contributed by atoms with E-state index >= 15 is 0 Å². The Hall–Kier alpha value is -3.31. The van der Waals surface area contributed by atoms with Crippen LogP contribution in [-0.2, 0) is 14.8 Å². The van der Waals surface area contributed by atoms with E-state index in [9.17, 15) is 23.1 Å². The third kappa shape index (κ3) is 5.44. The molecule has 3 aromatic rings. The standard InChI is InChI=1S/C28H32N4O5S/c1-18-6-2-3-7-21(18)27(34)30-24-10-11-26(23-9-5-4-8-22(23)24)38(36,37)31-19-12-14-32(15-13-19)28(35)25-16-20(33)17-29-25/h2-11,19-20,25,29,31,33H,12-17H2,1H3,(H,30,34)/t20-,25-/m1/s1. The molecule has 2 heterocycles. The maximum absolute atomic E-state index is 13.5. The number of β-amino-alcohol motifs (C(OH)–C–C–N with tert-alkyl or cyclic N) is 1. The highest BCUT2D eigenvalue weighted by atomic mass is 32.2. The first-order chi connectivity index (χ1) is 18.2. The van der Waals surface area contributed by atoms with Gasteiger partial charge in [0.25, 0.3) is 5.91 Å². The third-order valence-corrected chi connectivity index (χ3v) is 8.92. The molecule has 5 rings (SSSR count). The van der Waals surface area contributed by atoms with Crippen molar-refractivity contribution in [1.29, 1.82) is 0 Å². The fourth-order valence-corrected chi connectivity index (χ4v) is 6.77. The molecule has 0 unspecified atom stereocenters. The molecule has 0 aliphatic carbocycles. The fourth-order valence-electron chi connectivity index (χ4n) is 5.26. The second-order valence-corrected chi connectivity index (χ2v) is 11.7. The summed E-state index contributed by atoms with van der Waals surface area (Å²) in [6, 6.07) is 16.9. The number of sulfonamides is 1. The number of aliphatic hydroxyl groups excluding tert-OH is 1. The molecule has 3 aromatic carbocycles. The van der Waals surface area contributed by atoms with Crippen LogP contribution in [0.4, 0.5) is 5.69 Å². The lowest BCUT2D eigenvalue weighted by atomic mass is 10.0. The topological polar surface area (TPSA) is 128 Å². The lowest BCUT2D eigenvalue weighted by molar-refractivity contribution is -0.134. The first-order valence-electron chi connectivity index (χ1n) is 12.8. The van der Waals surface area contributed by atoms with E-state index in [1.54, 1.807) is 47.4 Å². The van der Waals surface area contributed by atoms with E-state index in [1.807, 2.05) is 19.1 Å². The summed E-state index contributed by atoms with van der Waals surface area (Å²) in [6.45, 7) is 3.18. The number of likely N-dealkylation sites (tertiary alicyclic amines) is 1. The minimum atomic E-state index is -3.86. The van der Waals surface area contributed by atoms with Crippen LogP contribution in [0.15, 0.2) is 65.6 Å². The highest BCUT2D eigenvalue weighted by Gasteiger charge is 2.34. The Morgan fingerprint density at radius 1 is 0.974 bits per heavy atom. The molecule has 2 aliphatic rings. The van der Waals surface area contributed by atoms with Gasteiger partial charge in [-0.25, -0.2) is 13.1 Å². The summed E-state index contributed by atoms with van der Waals surface area (Å²) >= 11 is 0. The highest BCUT2D eigenvalue weighted by molar-refractivity contribution is 7.89. The van der Waals surface area contributed by atoms with Crippen molar-refractivity contribution in [2.75, 3.05) is 25.0 Å². The number of amides is 2. The van der Waals surface area contributed by atoms with Crippen molar-refractivity contribution in [2.45, 2.75) is 49.3 Å². The Bertz CT molecular complexity index is 1470. The summed E-state index contributed by atoms with van der Waals surface area (Å²) in [5.41, 5.74) is 1.94. The number of carbonyl (C=O) groups is 2. The van der Waals surface area contributed by atoms with Crippen LogP contribution >= 0.6 is 0 Å². The maximum atomic E-state index is 13.5. The number of hydrogen-bond donors (Lipinski definition) is 4. The van der Waals surface area contributed by atoms with Gasteiger partial charge in [0, 0.05) is 47.7 Å². The number of piperidine rings is 1. The van der Waals surface area contributed by atoms with Crippen molar-refractivity contribution < 1.29 is 23.1 Å². The van der Waals surface area contributed by atoms with Crippen LogP contribution in [0, 0.1) is 6.92 Å². The van der Waals surface area contributed by atoms with Crippen LogP contribution in [0.25, 0.3) is 10.8 Å². The van der Waals surface area contributed by atoms with Crippen LogP contribution in [0.2, 0.25) is 0 Å². The fraction of sp³-hybridized carbons (Fsp3) is 0.357. The molecule has 10 heteroatoms. The van der Waals surface area contributed by atoms with E-state index in [1.165, 1.54) is 6.07 Å². The molecule has 200 valence electrons. The van der Waals surface area contributed by atoms with Gasteiger partial charge in [0.05, 0.1) is 17.0 Å². The molecule has 0 bridgehead atoms. The van der Waals surface area contributed by atoms with Gasteiger partial charge in [-0.15, -0.1) is 0 Å². The Morgan fingerprint density at radius 3 is 2.34 bits per heavy atom. The SMILES string of the molecule is Cc1ccccc1C(=O)Nc1ccc(S(=O)(=O)NC2CCN(C(=O)[C@H]3C[C@@H](O)CN3)CC2)c2ccccc12. The van der Waals surface area contributed by atoms with Gasteiger partial charge in [-0.3, -0.25) is 9.59 Å². The number of aliphatic hydroxyl groups is 1. The minimum Gasteiger partial charge on any atom is -0.392 e. The normalized spacial score (nSPS) is 20.5. The van der Waals surface area contributed by atoms with E-state index in [4.69, 9.17) is 0 Å². The zero-order chi connectivity index (χ0) is 26.9. The van der Waals surface area contributed by atoms with Gasteiger partial charge in [0.2, 0.25) is 15.9 Å². The van der Waals surface area contributed by atoms with Crippen LogP contribution < -0.4 is 15.4 Å². The van der Waals surface area contributed by atoms with Crippen molar-refractivity contribution >= 4 is 38.3 Å². The van der Waals surface area contributed by atoms with Crippen LogP contribution in [0.1, 0.15) is 35.2 Å². The maximum Gasteiger partial charge on any atom is 0.255 e. The summed E-state index contributed by atoms with van der Waals surface area (Å²) in [7, 11) is -3.86. The summed E-state index contributed by atoms with van der Waals surface area (Å²) in [5, 5.41) is 16.8. The number of nitrogens with zero attached hydrogens (tertiary/aromatic N) is 1. The number of anilines is 1. The van der Waals surface area contributed by atoms with Crippen molar-refractivity contribution in [3.8, 4) is 0 Å². The average Bonchev–Trinajstić information content (AvgIpc) is 3.35. The van der Waals surface area contributed by atoms with Gasteiger partial charge >= 0.3 is 0 Å². The first-order valence-corrected chi connectivity index (χ1v) is 14.3. The van der Waals surface area contributed by atoms with Crippen LogP contribution in [0.3, 0.4) is 0 Å². The molecule has 9 nitrogen and oxygen atoms in total. The van der Waals surface area contributed by atoms with Crippen molar-refractivity contribution in [2.24, 2.45) is 0 Å². The molecule has 4 N–H and O–H groups in total. The lowest BCUT2D eigenvalue weighted by Crippen LogP contribution is -2.50. The predicted octanol–water partition coefficient (Wildman–Crippen LogP) is 2.39. The molecule has 2 atom stereocenters. The van der Waals surface area contributed by atoms with Crippen molar-refractivity contribution in [1.82, 2.24) is 14.9 Å². The summed E-state index contributed by atoms with van der Waals surface area (Å²) in [4.78, 5) is 27.5. The van der Waals surface area contributed by atoms with Crippen LogP contribution in [-0.4, -0.2) is 68.1 Å². The molecular formula is C28H32N4O5S. The smallest absolute Gasteiger partial charge is 0.255 e. The molecule has 0 saturated carbocycles. The lowest BCUT2D eigenvalue weighted by Gasteiger charge is -2.33. The Morgan fingerprint density at radius 2 is 1.66 bits per heavy atom. The third-order valence-electron chi connectivity index (χ3n) is 7.35. The largest absolute Gasteiger partial charge is 0.392 e. The number of hydrogen-bond acceptors (Lipinski definition) is 6. The second kappa shape index (κ2) is 10.8. The van der Waals surface area contributed by atoms with Gasteiger partial charge < -0.3 is 20.6 Å². The zero-order valence-electron chi connectivity index (χ0n) is 21.2. The highest BCUT2D eigenvalue weighted by Crippen LogP contribution is 2.30. The van der Waals surface area contributed by atoms with Gasteiger partial charge in [0.1, 0.15) is 0 Å². The van der Waals surface area contributed by atoms with Gasteiger partial charge in [0.15, 0.2) is 0 Å². The number of nitrogens with one attached hydrogen (secondary N) is 3.